The molecular weight excluding hydrogens is 216 g/mol. The molecule has 5 heteroatoms. The smallest absolute Gasteiger partial charge is 0.265 e. The number of aromatic nitrogens is 2. The average molecular weight is 232 g/mol. The SMILES string of the molecule is CN(C)c1noc(CCc2cccc(N)c2)n1. The fraction of sp³-hybridized carbons (Fsp3) is 0.333. The molecule has 1 aromatic carbocycles. The standard InChI is InChI=1S/C12H16N4O/c1-16(2)12-14-11(17-15-12)7-6-9-4-3-5-10(13)8-9/h3-5,8H,6-7,13H2,1-2H3. The summed E-state index contributed by atoms with van der Waals surface area (Å²) in [5.41, 5.74) is 7.67. The van der Waals surface area contributed by atoms with Gasteiger partial charge in [0.25, 0.3) is 5.95 Å². The van der Waals surface area contributed by atoms with Crippen molar-refractivity contribution in [2.75, 3.05) is 24.7 Å². The second-order valence-corrected chi connectivity index (χ2v) is 4.13. The van der Waals surface area contributed by atoms with E-state index in [0.29, 0.717) is 11.8 Å². The molecule has 2 rings (SSSR count). The van der Waals surface area contributed by atoms with Gasteiger partial charge in [0.1, 0.15) is 0 Å². The summed E-state index contributed by atoms with van der Waals surface area (Å²) in [6, 6.07) is 7.83. The number of aryl methyl sites for hydroxylation is 2. The van der Waals surface area contributed by atoms with Crippen LogP contribution in [-0.4, -0.2) is 24.2 Å². The lowest BCUT2D eigenvalue weighted by atomic mass is 10.1. The van der Waals surface area contributed by atoms with Gasteiger partial charge in [-0.25, -0.2) is 0 Å². The van der Waals surface area contributed by atoms with Crippen molar-refractivity contribution in [2.24, 2.45) is 0 Å². The monoisotopic (exact) mass is 232 g/mol. The number of nitrogens with two attached hydrogens (primary N) is 1. The van der Waals surface area contributed by atoms with Crippen LogP contribution in [0.25, 0.3) is 0 Å². The molecule has 0 aliphatic carbocycles. The van der Waals surface area contributed by atoms with Gasteiger partial charge in [0.05, 0.1) is 0 Å². The summed E-state index contributed by atoms with van der Waals surface area (Å²) < 4.78 is 5.14. The van der Waals surface area contributed by atoms with E-state index >= 15 is 0 Å². The summed E-state index contributed by atoms with van der Waals surface area (Å²) in [4.78, 5) is 6.08. The topological polar surface area (TPSA) is 68.2 Å². The number of rotatable bonds is 4. The highest BCUT2D eigenvalue weighted by Crippen LogP contribution is 2.11. The van der Waals surface area contributed by atoms with Crippen LogP contribution in [0.4, 0.5) is 11.6 Å². The number of hydrogen-bond donors (Lipinski definition) is 1. The lowest BCUT2D eigenvalue weighted by Crippen LogP contribution is -2.10. The second-order valence-electron chi connectivity index (χ2n) is 4.13. The largest absolute Gasteiger partial charge is 0.399 e. The van der Waals surface area contributed by atoms with Gasteiger partial charge in [0.15, 0.2) is 0 Å². The van der Waals surface area contributed by atoms with Crippen LogP contribution in [0.1, 0.15) is 11.5 Å². The van der Waals surface area contributed by atoms with E-state index < -0.39 is 0 Å². The minimum atomic E-state index is 0.604. The number of benzene rings is 1. The zero-order chi connectivity index (χ0) is 12.3. The van der Waals surface area contributed by atoms with Crippen LogP contribution in [-0.2, 0) is 12.8 Å². The second kappa shape index (κ2) is 4.86. The Kier molecular flexibility index (Phi) is 3.27. The van der Waals surface area contributed by atoms with Crippen LogP contribution in [0.15, 0.2) is 28.8 Å². The minimum absolute atomic E-state index is 0.604. The van der Waals surface area contributed by atoms with Gasteiger partial charge >= 0.3 is 0 Å². The lowest BCUT2D eigenvalue weighted by molar-refractivity contribution is 0.378. The number of anilines is 2. The molecule has 0 unspecified atom stereocenters. The van der Waals surface area contributed by atoms with Gasteiger partial charge in [-0.05, 0) is 29.3 Å². The first kappa shape index (κ1) is 11.4. The summed E-state index contributed by atoms with van der Waals surface area (Å²) in [7, 11) is 3.76. The first-order chi connectivity index (χ1) is 8.15. The molecule has 0 spiro atoms. The van der Waals surface area contributed by atoms with E-state index in [-0.39, 0.29) is 0 Å². The van der Waals surface area contributed by atoms with Crippen LogP contribution in [0.3, 0.4) is 0 Å². The van der Waals surface area contributed by atoms with Crippen LogP contribution >= 0.6 is 0 Å². The quantitative estimate of drug-likeness (QED) is 0.809. The van der Waals surface area contributed by atoms with E-state index in [1.165, 1.54) is 5.56 Å². The molecule has 0 saturated heterocycles. The van der Waals surface area contributed by atoms with Gasteiger partial charge in [-0.1, -0.05) is 12.1 Å². The molecule has 0 amide bonds. The van der Waals surface area contributed by atoms with Gasteiger partial charge in [0.2, 0.25) is 5.89 Å². The Balaban J connectivity index is 1.97. The number of nitrogens with zero attached hydrogens (tertiary/aromatic N) is 3. The van der Waals surface area contributed by atoms with Crippen molar-refractivity contribution in [3.8, 4) is 0 Å². The summed E-state index contributed by atoms with van der Waals surface area (Å²) in [6.07, 6.45) is 1.57. The molecule has 0 saturated carbocycles. The fourth-order valence-corrected chi connectivity index (χ4v) is 1.53. The maximum absolute atomic E-state index is 5.71. The van der Waals surface area contributed by atoms with Gasteiger partial charge < -0.3 is 15.2 Å². The Morgan fingerprint density at radius 2 is 2.12 bits per heavy atom. The highest BCUT2D eigenvalue weighted by molar-refractivity contribution is 5.40. The van der Waals surface area contributed by atoms with Crippen LogP contribution in [0.5, 0.6) is 0 Å². The molecule has 2 N–H and O–H groups in total. The summed E-state index contributed by atoms with van der Waals surface area (Å²) in [5, 5.41) is 3.86. The highest BCUT2D eigenvalue weighted by atomic mass is 16.5. The minimum Gasteiger partial charge on any atom is -0.399 e. The third-order valence-corrected chi connectivity index (χ3v) is 2.44. The predicted molar refractivity (Wildman–Crippen MR) is 66.9 cm³/mol. The van der Waals surface area contributed by atoms with Crippen molar-refractivity contribution in [1.82, 2.24) is 10.1 Å². The van der Waals surface area contributed by atoms with E-state index in [2.05, 4.69) is 10.1 Å². The van der Waals surface area contributed by atoms with E-state index in [1.807, 2.05) is 43.3 Å². The molecule has 2 aromatic rings. The molecule has 17 heavy (non-hydrogen) atoms. The molecule has 90 valence electrons. The Hall–Kier alpha value is -2.04. The number of hydrogen-bond acceptors (Lipinski definition) is 5. The van der Waals surface area contributed by atoms with Crippen molar-refractivity contribution < 1.29 is 4.52 Å². The summed E-state index contributed by atoms with van der Waals surface area (Å²) >= 11 is 0. The van der Waals surface area contributed by atoms with Crippen LogP contribution < -0.4 is 10.6 Å². The molecule has 0 atom stereocenters. The van der Waals surface area contributed by atoms with Gasteiger partial charge in [-0.2, -0.15) is 4.98 Å². The molecule has 0 fully saturated rings. The normalized spacial score (nSPS) is 10.5. The molecule has 0 radical (unpaired) electrons. The molecule has 0 aliphatic heterocycles. The predicted octanol–water partition coefficient (Wildman–Crippen LogP) is 1.50. The molecule has 0 aliphatic rings. The Morgan fingerprint density at radius 1 is 1.29 bits per heavy atom. The zero-order valence-electron chi connectivity index (χ0n) is 10.1. The Morgan fingerprint density at radius 3 is 2.76 bits per heavy atom. The van der Waals surface area contributed by atoms with Crippen molar-refractivity contribution in [3.05, 3.63) is 35.7 Å². The maximum Gasteiger partial charge on any atom is 0.265 e. The average Bonchev–Trinajstić information content (AvgIpc) is 2.75. The number of nitrogen functional groups attached to an aromatic ring is 1. The third-order valence-electron chi connectivity index (χ3n) is 2.44. The molecule has 1 aromatic heterocycles. The van der Waals surface area contributed by atoms with Crippen LogP contribution in [0.2, 0.25) is 0 Å². The van der Waals surface area contributed by atoms with Crippen molar-refractivity contribution in [1.29, 1.82) is 0 Å². The van der Waals surface area contributed by atoms with Crippen molar-refractivity contribution in [2.45, 2.75) is 12.8 Å². The van der Waals surface area contributed by atoms with Crippen LogP contribution in [0, 0.1) is 0 Å². The van der Waals surface area contributed by atoms with E-state index in [1.54, 1.807) is 0 Å². The summed E-state index contributed by atoms with van der Waals surface area (Å²) in [5.74, 6) is 1.25. The fourth-order valence-electron chi connectivity index (χ4n) is 1.53. The Bertz CT molecular complexity index is 493. The maximum atomic E-state index is 5.71. The third kappa shape index (κ3) is 2.96. The Labute approximate surface area is 100 Å². The van der Waals surface area contributed by atoms with Gasteiger partial charge in [-0.3, -0.25) is 0 Å². The van der Waals surface area contributed by atoms with E-state index in [0.717, 1.165) is 18.5 Å². The molecule has 0 bridgehead atoms. The molecule has 5 nitrogen and oxygen atoms in total. The summed E-state index contributed by atoms with van der Waals surface area (Å²) in [6.45, 7) is 0. The van der Waals surface area contributed by atoms with Gasteiger partial charge in [-0.15, -0.1) is 0 Å². The highest BCUT2D eigenvalue weighted by Gasteiger charge is 2.07. The van der Waals surface area contributed by atoms with E-state index in [9.17, 15) is 0 Å². The van der Waals surface area contributed by atoms with Gasteiger partial charge in [0, 0.05) is 26.2 Å². The van der Waals surface area contributed by atoms with Crippen molar-refractivity contribution >= 4 is 11.6 Å². The zero-order valence-corrected chi connectivity index (χ0v) is 10.1. The molecule has 1 heterocycles. The lowest BCUT2D eigenvalue weighted by Gasteiger charge is -2.02. The molecular formula is C12H16N4O. The van der Waals surface area contributed by atoms with E-state index in [4.69, 9.17) is 10.3 Å². The first-order valence-corrected chi connectivity index (χ1v) is 5.49. The van der Waals surface area contributed by atoms with Crippen molar-refractivity contribution in [3.63, 3.8) is 0 Å². The first-order valence-electron chi connectivity index (χ1n) is 5.49.